The molecule has 0 nitrogen and oxygen atoms in total. The summed E-state index contributed by atoms with van der Waals surface area (Å²) in [5.74, 6) is 0. The molecule has 84 valence electrons. The van der Waals surface area contributed by atoms with Crippen LogP contribution in [0.5, 0.6) is 0 Å². The van der Waals surface area contributed by atoms with Gasteiger partial charge in [0.1, 0.15) is 0 Å². The molecule has 16 heavy (non-hydrogen) atoms. The number of aryl methyl sites for hydroxylation is 3. The van der Waals surface area contributed by atoms with Crippen molar-refractivity contribution >= 4 is 10.8 Å². The smallest absolute Gasteiger partial charge is 0.0152 e. The Labute approximate surface area is 98.3 Å². The molecule has 0 radical (unpaired) electrons. The van der Waals surface area contributed by atoms with Crippen molar-refractivity contribution in [2.45, 2.75) is 40.0 Å². The zero-order valence-corrected chi connectivity index (χ0v) is 10.5. The van der Waals surface area contributed by atoms with Crippen LogP contribution in [0, 0.1) is 13.8 Å². The van der Waals surface area contributed by atoms with E-state index in [-0.39, 0.29) is 0 Å². The summed E-state index contributed by atoms with van der Waals surface area (Å²) in [6.45, 7) is 6.65. The Morgan fingerprint density at radius 2 is 1.81 bits per heavy atom. The molecule has 0 saturated carbocycles. The predicted molar refractivity (Wildman–Crippen MR) is 72.0 cm³/mol. The summed E-state index contributed by atoms with van der Waals surface area (Å²) < 4.78 is 0. The van der Waals surface area contributed by atoms with Crippen LogP contribution in [0.3, 0.4) is 0 Å². The number of fused-ring (bicyclic) bond motifs is 1. The second kappa shape index (κ2) is 4.69. The van der Waals surface area contributed by atoms with Gasteiger partial charge < -0.3 is 0 Å². The van der Waals surface area contributed by atoms with Gasteiger partial charge in [0.2, 0.25) is 0 Å². The first-order valence-corrected chi connectivity index (χ1v) is 6.21. The van der Waals surface area contributed by atoms with Crippen LogP contribution in [0.2, 0.25) is 0 Å². The van der Waals surface area contributed by atoms with Crippen LogP contribution in [-0.2, 0) is 6.42 Å². The maximum absolute atomic E-state index is 2.30. The fourth-order valence-electron chi connectivity index (χ4n) is 2.29. The lowest BCUT2D eigenvalue weighted by atomic mass is 9.96. The molecule has 2 aromatic carbocycles. The fraction of sp³-hybridized carbons (Fsp3) is 0.375. The van der Waals surface area contributed by atoms with E-state index in [1.807, 2.05) is 0 Å². The standard InChI is InChI=1S/C16H20/c1-4-5-6-14-8-9-15-11-12(2)7-10-16(15)13(14)3/h7-11H,4-6H2,1-3H3. The SMILES string of the molecule is CCCCc1ccc2cc(C)ccc2c1C. The Kier molecular flexibility index (Phi) is 3.28. The van der Waals surface area contributed by atoms with Crippen LogP contribution in [0.4, 0.5) is 0 Å². The molecule has 0 unspecified atom stereocenters. The van der Waals surface area contributed by atoms with Gasteiger partial charge >= 0.3 is 0 Å². The predicted octanol–water partition coefficient (Wildman–Crippen LogP) is 4.80. The van der Waals surface area contributed by atoms with Crippen LogP contribution < -0.4 is 0 Å². The van der Waals surface area contributed by atoms with Crippen LogP contribution in [0.15, 0.2) is 30.3 Å². The summed E-state index contributed by atoms with van der Waals surface area (Å²) in [4.78, 5) is 0. The van der Waals surface area contributed by atoms with Gasteiger partial charge in [-0.15, -0.1) is 0 Å². The molecule has 0 aliphatic rings. The molecule has 0 spiro atoms. The lowest BCUT2D eigenvalue weighted by Crippen LogP contribution is -1.91. The van der Waals surface area contributed by atoms with E-state index in [2.05, 4.69) is 51.1 Å². The highest BCUT2D eigenvalue weighted by molar-refractivity contribution is 5.87. The summed E-state index contributed by atoms with van der Waals surface area (Å²) in [5, 5.41) is 2.79. The van der Waals surface area contributed by atoms with Crippen molar-refractivity contribution in [1.29, 1.82) is 0 Å². The van der Waals surface area contributed by atoms with Gasteiger partial charge in [0.15, 0.2) is 0 Å². The topological polar surface area (TPSA) is 0 Å². The Morgan fingerprint density at radius 3 is 2.56 bits per heavy atom. The third-order valence-corrected chi connectivity index (χ3v) is 3.36. The minimum atomic E-state index is 1.21. The lowest BCUT2D eigenvalue weighted by molar-refractivity contribution is 0.792. The summed E-state index contributed by atoms with van der Waals surface area (Å²) in [7, 11) is 0. The minimum Gasteiger partial charge on any atom is -0.0654 e. The number of rotatable bonds is 3. The summed E-state index contributed by atoms with van der Waals surface area (Å²) in [6, 6.07) is 11.3. The molecular weight excluding hydrogens is 192 g/mol. The van der Waals surface area contributed by atoms with Gasteiger partial charge in [-0.25, -0.2) is 0 Å². The number of hydrogen-bond acceptors (Lipinski definition) is 0. The molecular formula is C16H20. The van der Waals surface area contributed by atoms with E-state index in [1.54, 1.807) is 0 Å². The molecule has 0 N–H and O–H groups in total. The molecule has 0 heterocycles. The second-order valence-electron chi connectivity index (χ2n) is 4.68. The van der Waals surface area contributed by atoms with E-state index < -0.39 is 0 Å². The molecule has 0 bridgehead atoms. The summed E-state index contributed by atoms with van der Waals surface area (Å²) in [5.41, 5.74) is 4.32. The summed E-state index contributed by atoms with van der Waals surface area (Å²) >= 11 is 0. The van der Waals surface area contributed by atoms with E-state index in [0.29, 0.717) is 0 Å². The zero-order chi connectivity index (χ0) is 11.5. The van der Waals surface area contributed by atoms with Gasteiger partial charge in [-0.3, -0.25) is 0 Å². The zero-order valence-electron chi connectivity index (χ0n) is 10.5. The number of hydrogen-bond donors (Lipinski definition) is 0. The van der Waals surface area contributed by atoms with E-state index >= 15 is 0 Å². The molecule has 0 saturated heterocycles. The maximum atomic E-state index is 2.30. The van der Waals surface area contributed by atoms with Gasteiger partial charge in [-0.2, -0.15) is 0 Å². The Hall–Kier alpha value is -1.30. The third-order valence-electron chi connectivity index (χ3n) is 3.36. The second-order valence-corrected chi connectivity index (χ2v) is 4.68. The molecule has 0 aromatic heterocycles. The first-order valence-electron chi connectivity index (χ1n) is 6.21. The van der Waals surface area contributed by atoms with Gasteiger partial charge in [0.05, 0.1) is 0 Å². The fourth-order valence-corrected chi connectivity index (χ4v) is 2.29. The van der Waals surface area contributed by atoms with Crippen molar-refractivity contribution in [2.24, 2.45) is 0 Å². The van der Waals surface area contributed by atoms with Crippen LogP contribution in [-0.4, -0.2) is 0 Å². The highest BCUT2D eigenvalue weighted by Gasteiger charge is 2.03. The van der Waals surface area contributed by atoms with Crippen molar-refractivity contribution in [1.82, 2.24) is 0 Å². The monoisotopic (exact) mass is 212 g/mol. The number of unbranched alkanes of at least 4 members (excludes halogenated alkanes) is 1. The van der Waals surface area contributed by atoms with Gasteiger partial charge in [0, 0.05) is 0 Å². The van der Waals surface area contributed by atoms with E-state index in [1.165, 1.54) is 46.7 Å². The van der Waals surface area contributed by atoms with Gasteiger partial charge in [0.25, 0.3) is 0 Å². The molecule has 0 fully saturated rings. The molecule has 2 aromatic rings. The van der Waals surface area contributed by atoms with Gasteiger partial charge in [-0.1, -0.05) is 49.2 Å². The molecule has 0 heteroatoms. The minimum absolute atomic E-state index is 1.21. The molecule has 0 atom stereocenters. The first kappa shape index (κ1) is 11.2. The largest absolute Gasteiger partial charge is 0.0654 e. The lowest BCUT2D eigenvalue weighted by Gasteiger charge is -2.09. The van der Waals surface area contributed by atoms with Crippen LogP contribution >= 0.6 is 0 Å². The van der Waals surface area contributed by atoms with Crippen molar-refractivity contribution in [2.75, 3.05) is 0 Å². The van der Waals surface area contributed by atoms with Crippen molar-refractivity contribution in [3.8, 4) is 0 Å². The van der Waals surface area contributed by atoms with E-state index in [9.17, 15) is 0 Å². The van der Waals surface area contributed by atoms with Crippen molar-refractivity contribution < 1.29 is 0 Å². The van der Waals surface area contributed by atoms with Crippen LogP contribution in [0.25, 0.3) is 10.8 Å². The average Bonchev–Trinajstić information content (AvgIpc) is 2.28. The van der Waals surface area contributed by atoms with Gasteiger partial charge in [-0.05, 0) is 48.6 Å². The third kappa shape index (κ3) is 2.11. The van der Waals surface area contributed by atoms with E-state index in [0.717, 1.165) is 0 Å². The molecule has 0 amide bonds. The van der Waals surface area contributed by atoms with Crippen molar-refractivity contribution in [3.63, 3.8) is 0 Å². The summed E-state index contributed by atoms with van der Waals surface area (Å²) in [6.07, 6.45) is 3.77. The Bertz CT molecular complexity index is 495. The molecule has 0 aliphatic carbocycles. The average molecular weight is 212 g/mol. The van der Waals surface area contributed by atoms with E-state index in [4.69, 9.17) is 0 Å². The highest BCUT2D eigenvalue weighted by atomic mass is 14.1. The Balaban J connectivity index is 2.48. The maximum Gasteiger partial charge on any atom is -0.0152 e. The van der Waals surface area contributed by atoms with Crippen molar-refractivity contribution in [3.05, 3.63) is 47.0 Å². The normalized spacial score (nSPS) is 10.9. The molecule has 0 aliphatic heterocycles. The number of benzene rings is 2. The quantitative estimate of drug-likeness (QED) is 0.685. The van der Waals surface area contributed by atoms with Crippen LogP contribution in [0.1, 0.15) is 36.5 Å². The molecule has 2 rings (SSSR count). The highest BCUT2D eigenvalue weighted by Crippen LogP contribution is 2.24. The Morgan fingerprint density at radius 1 is 1.00 bits per heavy atom. The first-order chi connectivity index (χ1) is 7.72.